The Bertz CT molecular complexity index is 803. The van der Waals surface area contributed by atoms with E-state index in [1.807, 2.05) is 30.8 Å². The fourth-order valence-corrected chi connectivity index (χ4v) is 2.87. The Morgan fingerprint density at radius 1 is 1.08 bits per heavy atom. The van der Waals surface area contributed by atoms with Gasteiger partial charge in [-0.2, -0.15) is 0 Å². The van der Waals surface area contributed by atoms with Crippen molar-refractivity contribution in [1.29, 1.82) is 0 Å². The van der Waals surface area contributed by atoms with Crippen LogP contribution in [0.25, 0.3) is 0 Å². The lowest BCUT2D eigenvalue weighted by Gasteiger charge is -2.24. The topological polar surface area (TPSA) is 41.9 Å². The lowest BCUT2D eigenvalue weighted by molar-refractivity contribution is 0.861. The monoisotopic (exact) mass is 349 g/mol. The van der Waals surface area contributed by atoms with Crippen LogP contribution in [-0.2, 0) is 6.54 Å². The largest absolute Gasteiger partial charge is 0.321 e. The molecule has 0 unspecified atom stereocenters. The molecule has 0 amide bonds. The Balaban J connectivity index is 1.98. The molecular weight excluding hydrogens is 328 g/mol. The normalized spacial score (nSPS) is 10.9. The lowest BCUT2D eigenvalue weighted by Crippen LogP contribution is -2.18. The van der Waals surface area contributed by atoms with Crippen LogP contribution in [0.3, 0.4) is 0 Å². The maximum atomic E-state index is 4.63. The zero-order chi connectivity index (χ0) is 17.6. The molecule has 127 valence electrons. The van der Waals surface area contributed by atoms with Crippen molar-refractivity contribution in [3.05, 3.63) is 72.2 Å². The maximum absolute atomic E-state index is 4.63. The van der Waals surface area contributed by atoms with Gasteiger partial charge in [-0.15, -0.1) is 0 Å². The summed E-state index contributed by atoms with van der Waals surface area (Å²) in [7, 11) is 0. The molecule has 2 aromatic heterocycles. The van der Waals surface area contributed by atoms with E-state index in [0.29, 0.717) is 12.5 Å². The average molecular weight is 349 g/mol. The lowest BCUT2D eigenvalue weighted by atomic mass is 10.0. The third-order valence-electron chi connectivity index (χ3n) is 3.97. The van der Waals surface area contributed by atoms with E-state index in [1.165, 1.54) is 22.9 Å². The molecule has 5 heteroatoms. The molecule has 0 fully saturated rings. The van der Waals surface area contributed by atoms with Crippen molar-refractivity contribution >= 4 is 23.3 Å². The third-order valence-corrected chi connectivity index (χ3v) is 4.53. The number of rotatable bonds is 6. The van der Waals surface area contributed by atoms with Gasteiger partial charge in [0.05, 0.1) is 0 Å². The van der Waals surface area contributed by atoms with Crippen LogP contribution in [0.4, 0.5) is 11.5 Å². The van der Waals surface area contributed by atoms with Crippen LogP contribution < -0.4 is 4.90 Å². The third kappa shape index (κ3) is 4.37. The molecule has 3 rings (SSSR count). The number of nitrogens with zero attached hydrogens (tertiary/aromatic N) is 4. The number of hydrogen-bond donors (Lipinski definition) is 0. The van der Waals surface area contributed by atoms with Crippen molar-refractivity contribution in [2.24, 2.45) is 0 Å². The van der Waals surface area contributed by atoms with E-state index in [0.717, 1.165) is 16.7 Å². The molecule has 0 aliphatic heterocycles. The van der Waals surface area contributed by atoms with Crippen LogP contribution >= 0.6 is 11.8 Å². The first-order valence-corrected chi connectivity index (χ1v) is 9.45. The Morgan fingerprint density at radius 3 is 2.44 bits per heavy atom. The predicted molar refractivity (Wildman–Crippen MR) is 103 cm³/mol. The Kier molecular flexibility index (Phi) is 5.66. The first-order valence-electron chi connectivity index (χ1n) is 8.22. The minimum absolute atomic E-state index is 0.511. The van der Waals surface area contributed by atoms with Crippen LogP contribution in [0.2, 0.25) is 0 Å². The van der Waals surface area contributed by atoms with Crippen molar-refractivity contribution in [1.82, 2.24) is 15.0 Å². The summed E-state index contributed by atoms with van der Waals surface area (Å²) in [5.41, 5.74) is 3.58. The number of benzene rings is 1. The van der Waals surface area contributed by atoms with Crippen LogP contribution in [0, 0.1) is 6.07 Å². The molecule has 1 radical (unpaired) electrons. The van der Waals surface area contributed by atoms with Gasteiger partial charge in [-0.05, 0) is 47.6 Å². The van der Waals surface area contributed by atoms with E-state index < -0.39 is 0 Å². The van der Waals surface area contributed by atoms with Crippen molar-refractivity contribution < 1.29 is 0 Å². The second kappa shape index (κ2) is 8.12. The highest BCUT2D eigenvalue weighted by Gasteiger charge is 2.13. The van der Waals surface area contributed by atoms with E-state index >= 15 is 0 Å². The van der Waals surface area contributed by atoms with Crippen molar-refractivity contribution in [3.8, 4) is 0 Å². The van der Waals surface area contributed by atoms with Crippen molar-refractivity contribution in [3.63, 3.8) is 0 Å². The zero-order valence-electron chi connectivity index (χ0n) is 14.7. The van der Waals surface area contributed by atoms with E-state index in [1.54, 1.807) is 6.20 Å². The molecule has 0 aliphatic rings. The number of aromatic nitrogens is 3. The molecule has 0 saturated heterocycles. The Hall–Kier alpha value is -2.40. The minimum atomic E-state index is 0.511. The summed E-state index contributed by atoms with van der Waals surface area (Å²) in [6.07, 6.45) is 7.29. The summed E-state index contributed by atoms with van der Waals surface area (Å²) < 4.78 is 0. The Morgan fingerprint density at radius 2 is 1.80 bits per heavy atom. The summed E-state index contributed by atoms with van der Waals surface area (Å²) in [6.45, 7) is 5.10. The quantitative estimate of drug-likeness (QED) is 0.470. The average Bonchev–Trinajstić information content (AvgIpc) is 2.67. The fourth-order valence-electron chi connectivity index (χ4n) is 2.53. The molecule has 0 spiro atoms. The van der Waals surface area contributed by atoms with Gasteiger partial charge < -0.3 is 4.90 Å². The van der Waals surface area contributed by atoms with Gasteiger partial charge in [0.15, 0.2) is 5.16 Å². The molecule has 0 aliphatic carbocycles. The highest BCUT2D eigenvalue weighted by Crippen LogP contribution is 2.28. The summed E-state index contributed by atoms with van der Waals surface area (Å²) in [5, 5.41) is 0.743. The standard InChI is InChI=1S/C20H21N4S/c1-15(2)17-4-6-18(7-5-17)24(14-16-8-11-21-12-9-16)19-10-13-22-20(23-19)25-3/h4-9,11-13,15H,14H2,1-3H3. The second-order valence-electron chi connectivity index (χ2n) is 6.01. The van der Waals surface area contributed by atoms with Gasteiger partial charge in [-0.3, -0.25) is 4.98 Å². The molecule has 2 heterocycles. The number of thioether (sulfide) groups is 1. The summed E-state index contributed by atoms with van der Waals surface area (Å²) in [5.74, 6) is 1.28. The molecule has 3 aromatic rings. The molecule has 4 nitrogen and oxygen atoms in total. The first-order chi connectivity index (χ1) is 12.2. The van der Waals surface area contributed by atoms with Gasteiger partial charge in [0.25, 0.3) is 0 Å². The van der Waals surface area contributed by atoms with Gasteiger partial charge in [0.2, 0.25) is 0 Å². The van der Waals surface area contributed by atoms with Crippen molar-refractivity contribution in [2.75, 3.05) is 11.2 Å². The van der Waals surface area contributed by atoms with Crippen LogP contribution in [0.1, 0.15) is 30.9 Å². The number of hydrogen-bond acceptors (Lipinski definition) is 5. The molecule has 0 saturated carbocycles. The molecule has 1 aromatic carbocycles. The molecule has 0 atom stereocenters. The highest BCUT2D eigenvalue weighted by atomic mass is 32.2. The smallest absolute Gasteiger partial charge is 0.189 e. The first kappa shape index (κ1) is 17.4. The van der Waals surface area contributed by atoms with Gasteiger partial charge in [0, 0.05) is 36.9 Å². The molecule has 0 bridgehead atoms. The SMILES string of the molecule is CSc1nc[c]c(N(Cc2ccncc2)c2ccc(C(C)C)cc2)n1. The zero-order valence-corrected chi connectivity index (χ0v) is 15.5. The summed E-state index contributed by atoms with van der Waals surface area (Å²) >= 11 is 1.53. The Labute approximate surface area is 153 Å². The highest BCUT2D eigenvalue weighted by molar-refractivity contribution is 7.98. The number of pyridine rings is 1. The van der Waals surface area contributed by atoms with E-state index in [-0.39, 0.29) is 0 Å². The summed E-state index contributed by atoms with van der Waals surface area (Å²) in [4.78, 5) is 15.1. The van der Waals surface area contributed by atoms with Gasteiger partial charge in [-0.1, -0.05) is 37.7 Å². The number of anilines is 2. The summed E-state index contributed by atoms with van der Waals surface area (Å²) in [6, 6.07) is 15.9. The van der Waals surface area contributed by atoms with E-state index in [2.05, 4.69) is 64.0 Å². The van der Waals surface area contributed by atoms with Crippen LogP contribution in [-0.4, -0.2) is 21.2 Å². The molecule has 25 heavy (non-hydrogen) atoms. The predicted octanol–water partition coefficient (Wildman–Crippen LogP) is 4.86. The fraction of sp³-hybridized carbons (Fsp3) is 0.250. The van der Waals surface area contributed by atoms with Crippen LogP contribution in [0.5, 0.6) is 0 Å². The van der Waals surface area contributed by atoms with E-state index in [4.69, 9.17) is 0 Å². The minimum Gasteiger partial charge on any atom is -0.321 e. The van der Waals surface area contributed by atoms with Gasteiger partial charge >= 0.3 is 0 Å². The maximum Gasteiger partial charge on any atom is 0.189 e. The van der Waals surface area contributed by atoms with Crippen molar-refractivity contribution in [2.45, 2.75) is 31.5 Å². The van der Waals surface area contributed by atoms with Gasteiger partial charge in [0.1, 0.15) is 5.82 Å². The van der Waals surface area contributed by atoms with Crippen LogP contribution in [0.15, 0.2) is 60.1 Å². The van der Waals surface area contributed by atoms with E-state index in [9.17, 15) is 0 Å². The second-order valence-corrected chi connectivity index (χ2v) is 6.79. The molecule has 0 N–H and O–H groups in total. The molecular formula is C20H21N4S. The van der Waals surface area contributed by atoms with Gasteiger partial charge in [-0.25, -0.2) is 9.97 Å².